The van der Waals surface area contributed by atoms with Gasteiger partial charge in [0.15, 0.2) is 5.69 Å². The number of fused-ring (bicyclic) bond motifs is 1. The van der Waals surface area contributed by atoms with Gasteiger partial charge in [0.1, 0.15) is 11.4 Å². The van der Waals surface area contributed by atoms with Gasteiger partial charge >= 0.3 is 6.18 Å². The lowest BCUT2D eigenvalue weighted by Crippen LogP contribution is -2.25. The summed E-state index contributed by atoms with van der Waals surface area (Å²) < 4.78 is 47.5. The van der Waals surface area contributed by atoms with Gasteiger partial charge in [0, 0.05) is 17.1 Å². The van der Waals surface area contributed by atoms with E-state index in [1.54, 1.807) is 19.2 Å². The van der Waals surface area contributed by atoms with Crippen LogP contribution in [-0.2, 0) is 6.18 Å². The predicted octanol–water partition coefficient (Wildman–Crippen LogP) is 7.27. The molecule has 4 aromatic carbocycles. The number of alkyl halides is 3. The number of amides is 1. The number of carbonyl (C=O) groups is 1. The lowest BCUT2D eigenvalue weighted by atomic mass is 9.92. The number of methoxy groups -OCH3 is 1. The molecule has 1 amide bonds. The van der Waals surface area contributed by atoms with Crippen LogP contribution in [0.3, 0.4) is 0 Å². The van der Waals surface area contributed by atoms with Crippen molar-refractivity contribution in [3.63, 3.8) is 0 Å². The molecular weight excluding hydrogens is 567 g/mol. The van der Waals surface area contributed by atoms with E-state index in [-0.39, 0.29) is 23.0 Å². The zero-order valence-corrected chi connectivity index (χ0v) is 23.7. The van der Waals surface area contributed by atoms with E-state index in [9.17, 15) is 23.2 Å². The van der Waals surface area contributed by atoms with Gasteiger partial charge in [-0.2, -0.15) is 23.5 Å². The molecule has 1 aromatic heterocycles. The van der Waals surface area contributed by atoms with Gasteiger partial charge in [0.2, 0.25) is 0 Å². The average molecular weight is 596 g/mol. The Morgan fingerprint density at radius 1 is 1.02 bits per heavy atom. The number of hydrogen-bond donors (Lipinski definition) is 2. The first-order valence-electron chi connectivity index (χ1n) is 14.1. The maximum atomic E-state index is 13.7. The molecule has 1 heterocycles. The van der Waals surface area contributed by atoms with Crippen molar-refractivity contribution in [1.29, 1.82) is 5.26 Å². The predicted molar refractivity (Wildman–Crippen MR) is 161 cm³/mol. The molecule has 1 aliphatic rings. The third-order valence-electron chi connectivity index (χ3n) is 7.69. The van der Waals surface area contributed by atoms with Gasteiger partial charge in [0.05, 0.1) is 30.5 Å². The third-order valence-corrected chi connectivity index (χ3v) is 7.69. The van der Waals surface area contributed by atoms with Crippen LogP contribution in [0, 0.1) is 17.2 Å². The molecule has 5 aromatic rings. The van der Waals surface area contributed by atoms with Gasteiger partial charge in [-0.1, -0.05) is 48.5 Å². The largest absolute Gasteiger partial charge is 0.496 e. The van der Waals surface area contributed by atoms with Crippen molar-refractivity contribution in [3.05, 3.63) is 119 Å². The highest BCUT2D eigenvalue weighted by atomic mass is 19.4. The molecule has 1 atom stereocenters. The van der Waals surface area contributed by atoms with E-state index in [1.165, 1.54) is 37.1 Å². The minimum atomic E-state index is -4.77. The summed E-state index contributed by atoms with van der Waals surface area (Å²) in [6.45, 7) is 0.822. The number of anilines is 1. The minimum Gasteiger partial charge on any atom is -0.496 e. The molecule has 1 aliphatic carbocycles. The number of hydrogen-bond acceptors (Lipinski definition) is 5. The molecule has 0 spiro atoms. The maximum absolute atomic E-state index is 13.7. The molecule has 0 radical (unpaired) electrons. The molecule has 44 heavy (non-hydrogen) atoms. The Bertz CT molecular complexity index is 1890. The second-order valence-electron chi connectivity index (χ2n) is 10.8. The van der Waals surface area contributed by atoms with Crippen LogP contribution < -0.4 is 15.4 Å². The van der Waals surface area contributed by atoms with Crippen molar-refractivity contribution in [2.75, 3.05) is 19.0 Å². The van der Waals surface area contributed by atoms with Crippen molar-refractivity contribution in [1.82, 2.24) is 15.1 Å². The molecule has 0 aliphatic heterocycles. The van der Waals surface area contributed by atoms with Crippen LogP contribution in [-0.4, -0.2) is 29.3 Å². The smallest absolute Gasteiger partial charge is 0.435 e. The van der Waals surface area contributed by atoms with Crippen LogP contribution in [0.4, 0.5) is 18.9 Å². The second-order valence-corrected chi connectivity index (χ2v) is 10.8. The summed E-state index contributed by atoms with van der Waals surface area (Å²) in [5.41, 5.74) is 1.18. The monoisotopic (exact) mass is 595 g/mol. The fraction of sp³-hybridized carbons (Fsp3) is 0.206. The molecule has 10 heteroatoms. The summed E-state index contributed by atoms with van der Waals surface area (Å²) in [6.07, 6.45) is -2.43. The number of nitrogens with one attached hydrogen (secondary N) is 2. The summed E-state index contributed by atoms with van der Waals surface area (Å²) in [7, 11) is 1.64. The van der Waals surface area contributed by atoms with Gasteiger partial charge in [-0.05, 0) is 78.2 Å². The van der Waals surface area contributed by atoms with Gasteiger partial charge in [0.25, 0.3) is 5.91 Å². The van der Waals surface area contributed by atoms with Crippen molar-refractivity contribution >= 4 is 22.4 Å². The number of rotatable bonds is 9. The van der Waals surface area contributed by atoms with E-state index >= 15 is 0 Å². The van der Waals surface area contributed by atoms with Crippen molar-refractivity contribution in [2.45, 2.75) is 25.1 Å². The van der Waals surface area contributed by atoms with Gasteiger partial charge in [-0.25, -0.2) is 4.68 Å². The Balaban J connectivity index is 1.36. The Morgan fingerprint density at radius 3 is 2.52 bits per heavy atom. The van der Waals surface area contributed by atoms with Gasteiger partial charge in [-0.15, -0.1) is 0 Å². The first-order valence-corrected chi connectivity index (χ1v) is 14.1. The van der Waals surface area contributed by atoms with Crippen LogP contribution >= 0.6 is 0 Å². The minimum absolute atomic E-state index is 0.161. The first-order chi connectivity index (χ1) is 21.2. The van der Waals surface area contributed by atoms with Crippen LogP contribution in [0.1, 0.15) is 51.8 Å². The first kappa shape index (κ1) is 29.0. The molecule has 1 saturated carbocycles. The highest BCUT2D eigenvalue weighted by Gasteiger charge is 2.36. The fourth-order valence-electron chi connectivity index (χ4n) is 5.31. The summed E-state index contributed by atoms with van der Waals surface area (Å²) in [6, 6.07) is 27.6. The van der Waals surface area contributed by atoms with E-state index in [0.717, 1.165) is 38.9 Å². The zero-order chi connectivity index (χ0) is 30.8. The fourth-order valence-corrected chi connectivity index (χ4v) is 5.31. The molecule has 1 unspecified atom stereocenters. The lowest BCUT2D eigenvalue weighted by Gasteiger charge is -2.23. The standard InChI is InChI=1S/C34H28F3N5O2/c1-44-30-15-14-28(26-10-2-3-11-27(26)30)32(39-20-21-12-13-21)23-7-5-8-24(17-23)40-33(43)29-18-31(34(35,36)37)41-42(29)25-9-4-6-22(16-25)19-38/h2-11,14-18,21,32,39H,12-13,20H2,1H3,(H,40,43). The van der Waals surface area contributed by atoms with Crippen molar-refractivity contribution in [2.24, 2.45) is 5.92 Å². The van der Waals surface area contributed by atoms with E-state index in [1.807, 2.05) is 54.6 Å². The second kappa shape index (κ2) is 11.9. The number of benzene rings is 4. The highest BCUT2D eigenvalue weighted by Crippen LogP contribution is 2.36. The van der Waals surface area contributed by atoms with Crippen LogP contribution in [0.5, 0.6) is 5.75 Å². The number of carbonyl (C=O) groups excluding carboxylic acids is 1. The summed E-state index contributed by atoms with van der Waals surface area (Å²) in [5, 5.41) is 21.4. The average Bonchev–Trinajstić information content (AvgIpc) is 3.74. The molecule has 6 rings (SSSR count). The molecular formula is C34H28F3N5O2. The molecule has 0 saturated heterocycles. The number of nitrogens with zero attached hydrogens (tertiary/aromatic N) is 3. The lowest BCUT2D eigenvalue weighted by molar-refractivity contribution is -0.141. The topological polar surface area (TPSA) is 92.0 Å². The van der Waals surface area contributed by atoms with E-state index in [0.29, 0.717) is 17.7 Å². The molecule has 1 fully saturated rings. The highest BCUT2D eigenvalue weighted by molar-refractivity contribution is 6.03. The summed E-state index contributed by atoms with van der Waals surface area (Å²) in [5.74, 6) is 0.596. The Morgan fingerprint density at radius 2 is 1.80 bits per heavy atom. The number of nitriles is 1. The molecule has 222 valence electrons. The Hall–Kier alpha value is -5.14. The number of halogens is 3. The molecule has 0 bridgehead atoms. The van der Waals surface area contributed by atoms with Gasteiger partial charge in [-0.3, -0.25) is 4.79 Å². The summed E-state index contributed by atoms with van der Waals surface area (Å²) in [4.78, 5) is 13.5. The van der Waals surface area contributed by atoms with Crippen LogP contribution in [0.15, 0.2) is 91.0 Å². The number of ether oxygens (including phenoxy) is 1. The Kier molecular flexibility index (Phi) is 7.80. The number of aromatic nitrogens is 2. The zero-order valence-electron chi connectivity index (χ0n) is 23.7. The van der Waals surface area contributed by atoms with Crippen molar-refractivity contribution in [3.8, 4) is 17.5 Å². The normalized spacial score (nSPS) is 13.8. The van der Waals surface area contributed by atoms with E-state index < -0.39 is 17.8 Å². The van der Waals surface area contributed by atoms with E-state index in [2.05, 4.69) is 15.7 Å². The van der Waals surface area contributed by atoms with Crippen molar-refractivity contribution < 1.29 is 22.7 Å². The quantitative estimate of drug-likeness (QED) is 0.187. The van der Waals surface area contributed by atoms with E-state index in [4.69, 9.17) is 4.74 Å². The summed E-state index contributed by atoms with van der Waals surface area (Å²) >= 11 is 0. The van der Waals surface area contributed by atoms with Crippen LogP contribution in [0.2, 0.25) is 0 Å². The Labute approximate surface area is 251 Å². The molecule has 2 N–H and O–H groups in total. The third kappa shape index (κ3) is 6.00. The molecule has 7 nitrogen and oxygen atoms in total. The SMILES string of the molecule is COc1ccc(C(NCC2CC2)c2cccc(NC(=O)c3cc(C(F)(F)F)nn3-c3cccc(C#N)c3)c2)c2ccccc12. The van der Waals surface area contributed by atoms with Gasteiger partial charge < -0.3 is 15.4 Å². The van der Waals surface area contributed by atoms with Crippen LogP contribution in [0.25, 0.3) is 16.5 Å². The maximum Gasteiger partial charge on any atom is 0.435 e.